The van der Waals surface area contributed by atoms with Gasteiger partial charge in [-0.1, -0.05) is 59.8 Å². The smallest absolute Gasteiger partial charge is 0.251 e. The largest absolute Gasteiger partial charge is 0.348 e. The van der Waals surface area contributed by atoms with Gasteiger partial charge >= 0.3 is 0 Å². The number of nitrogens with zero attached hydrogens (tertiary/aromatic N) is 4. The lowest BCUT2D eigenvalue weighted by Gasteiger charge is -2.12. The number of benzene rings is 3. The first kappa shape index (κ1) is 24.4. The number of hydrogen-bond acceptors (Lipinski definition) is 5. The van der Waals surface area contributed by atoms with Gasteiger partial charge < -0.3 is 5.32 Å². The summed E-state index contributed by atoms with van der Waals surface area (Å²) < 4.78 is 15.2. The van der Waals surface area contributed by atoms with E-state index in [1.54, 1.807) is 24.5 Å². The summed E-state index contributed by atoms with van der Waals surface area (Å²) in [5.41, 5.74) is 5.27. The van der Waals surface area contributed by atoms with Gasteiger partial charge in [-0.3, -0.25) is 14.3 Å². The van der Waals surface area contributed by atoms with Crippen LogP contribution in [0.4, 0.5) is 4.39 Å². The van der Waals surface area contributed by atoms with Crippen molar-refractivity contribution in [3.8, 4) is 17.1 Å². The predicted molar refractivity (Wildman–Crippen MR) is 143 cm³/mol. The molecule has 0 aliphatic carbocycles. The second kappa shape index (κ2) is 11.2. The number of amides is 1. The summed E-state index contributed by atoms with van der Waals surface area (Å²) in [6, 6.07) is 25.6. The number of pyridine rings is 1. The SMILES string of the molecule is Cc1ccc(-n2c(SCc3ccccc3C(=O)NCc3ccc(F)cc3)nnc2-c2cccnc2)cc1. The van der Waals surface area contributed by atoms with E-state index in [9.17, 15) is 9.18 Å². The highest BCUT2D eigenvalue weighted by molar-refractivity contribution is 7.98. The van der Waals surface area contributed by atoms with Gasteiger partial charge in [0.2, 0.25) is 0 Å². The number of aryl methyl sites for hydroxylation is 1. The Morgan fingerprint density at radius 2 is 1.73 bits per heavy atom. The monoisotopic (exact) mass is 509 g/mol. The molecule has 8 heteroatoms. The Morgan fingerprint density at radius 3 is 2.49 bits per heavy atom. The van der Waals surface area contributed by atoms with Crippen LogP contribution in [0, 0.1) is 12.7 Å². The molecule has 1 amide bonds. The van der Waals surface area contributed by atoms with Crippen LogP contribution < -0.4 is 5.32 Å². The Morgan fingerprint density at radius 1 is 0.946 bits per heavy atom. The van der Waals surface area contributed by atoms with Crippen molar-refractivity contribution in [1.82, 2.24) is 25.1 Å². The van der Waals surface area contributed by atoms with E-state index in [1.807, 2.05) is 60.0 Å². The Kier molecular flexibility index (Phi) is 7.37. The summed E-state index contributed by atoms with van der Waals surface area (Å²) in [6.45, 7) is 2.36. The fourth-order valence-corrected chi connectivity index (χ4v) is 4.82. The van der Waals surface area contributed by atoms with Gasteiger partial charge in [0.05, 0.1) is 0 Å². The molecule has 0 bridgehead atoms. The minimum atomic E-state index is -0.303. The third kappa shape index (κ3) is 5.76. The molecule has 0 unspecified atom stereocenters. The van der Waals surface area contributed by atoms with Crippen molar-refractivity contribution in [3.05, 3.63) is 125 Å². The van der Waals surface area contributed by atoms with Crippen LogP contribution in [-0.4, -0.2) is 25.7 Å². The number of rotatable bonds is 8. The molecule has 1 N–H and O–H groups in total. The van der Waals surface area contributed by atoms with Crippen molar-refractivity contribution >= 4 is 17.7 Å². The standard InChI is InChI=1S/C29H24FN5OS/c1-20-8-14-25(15-9-20)35-27(22-6-4-16-31-18-22)33-34-29(35)37-19-23-5-2-3-7-26(23)28(36)32-17-21-10-12-24(30)13-11-21/h2-16,18H,17,19H2,1H3,(H,32,36). The molecule has 5 rings (SSSR count). The maximum absolute atomic E-state index is 13.2. The molecule has 37 heavy (non-hydrogen) atoms. The van der Waals surface area contributed by atoms with Gasteiger partial charge in [-0.2, -0.15) is 0 Å². The highest BCUT2D eigenvalue weighted by Gasteiger charge is 2.18. The van der Waals surface area contributed by atoms with Crippen LogP contribution in [0.15, 0.2) is 102 Å². The topological polar surface area (TPSA) is 72.7 Å². The number of carbonyl (C=O) groups is 1. The molecule has 184 valence electrons. The minimum absolute atomic E-state index is 0.184. The molecule has 0 fully saturated rings. The first-order valence-electron chi connectivity index (χ1n) is 11.7. The van der Waals surface area contributed by atoms with Crippen LogP contribution in [0.5, 0.6) is 0 Å². The van der Waals surface area contributed by atoms with E-state index in [2.05, 4.69) is 32.6 Å². The Balaban J connectivity index is 1.38. The molecule has 2 aromatic heterocycles. The Hall–Kier alpha value is -4.30. The van der Waals surface area contributed by atoms with Crippen molar-refractivity contribution in [2.45, 2.75) is 24.4 Å². The van der Waals surface area contributed by atoms with Gasteiger partial charge in [-0.05, 0) is 60.5 Å². The van der Waals surface area contributed by atoms with Crippen LogP contribution in [0.1, 0.15) is 27.0 Å². The van der Waals surface area contributed by atoms with Crippen molar-refractivity contribution in [1.29, 1.82) is 0 Å². The lowest BCUT2D eigenvalue weighted by molar-refractivity contribution is 0.0950. The van der Waals surface area contributed by atoms with Gasteiger partial charge in [0.15, 0.2) is 11.0 Å². The molecule has 0 saturated heterocycles. The van der Waals surface area contributed by atoms with Crippen LogP contribution >= 0.6 is 11.8 Å². The summed E-state index contributed by atoms with van der Waals surface area (Å²) >= 11 is 1.51. The van der Waals surface area contributed by atoms with Gasteiger partial charge in [0.1, 0.15) is 5.82 Å². The molecule has 0 radical (unpaired) electrons. The molecule has 5 aromatic rings. The first-order chi connectivity index (χ1) is 18.1. The fourth-order valence-electron chi connectivity index (χ4n) is 3.86. The number of thioether (sulfide) groups is 1. The normalized spacial score (nSPS) is 10.9. The van der Waals surface area contributed by atoms with Gasteiger partial charge in [0, 0.05) is 41.5 Å². The van der Waals surface area contributed by atoms with Gasteiger partial charge in [-0.25, -0.2) is 4.39 Å². The molecule has 2 heterocycles. The molecule has 3 aromatic carbocycles. The Labute approximate surface area is 218 Å². The molecule has 0 aliphatic heterocycles. The quantitative estimate of drug-likeness (QED) is 0.260. The zero-order valence-corrected chi connectivity index (χ0v) is 21.0. The molecule has 0 spiro atoms. The molecule has 0 atom stereocenters. The van der Waals surface area contributed by atoms with E-state index in [1.165, 1.54) is 23.9 Å². The summed E-state index contributed by atoms with van der Waals surface area (Å²) in [6.07, 6.45) is 3.49. The van der Waals surface area contributed by atoms with E-state index in [0.29, 0.717) is 28.8 Å². The Bertz CT molecular complexity index is 1500. The van der Waals surface area contributed by atoms with Crippen LogP contribution in [-0.2, 0) is 12.3 Å². The number of aromatic nitrogens is 4. The second-order valence-corrected chi connectivity index (χ2v) is 9.42. The fraction of sp³-hybridized carbons (Fsp3) is 0.103. The molecular weight excluding hydrogens is 485 g/mol. The third-order valence-electron chi connectivity index (χ3n) is 5.83. The maximum Gasteiger partial charge on any atom is 0.251 e. The second-order valence-electron chi connectivity index (χ2n) is 8.47. The number of carbonyl (C=O) groups excluding carboxylic acids is 1. The summed E-state index contributed by atoms with van der Waals surface area (Å²) in [5.74, 6) is 0.737. The highest BCUT2D eigenvalue weighted by Crippen LogP contribution is 2.30. The number of halogens is 1. The van der Waals surface area contributed by atoms with Crippen molar-refractivity contribution in [2.24, 2.45) is 0 Å². The van der Waals surface area contributed by atoms with E-state index >= 15 is 0 Å². The van der Waals surface area contributed by atoms with Crippen LogP contribution in [0.3, 0.4) is 0 Å². The van der Waals surface area contributed by atoms with Gasteiger partial charge in [-0.15, -0.1) is 10.2 Å². The van der Waals surface area contributed by atoms with Crippen LogP contribution in [0.25, 0.3) is 17.1 Å². The lowest BCUT2D eigenvalue weighted by Crippen LogP contribution is -2.23. The average Bonchev–Trinajstić information content (AvgIpc) is 3.36. The van der Waals surface area contributed by atoms with E-state index < -0.39 is 0 Å². The lowest BCUT2D eigenvalue weighted by atomic mass is 10.1. The predicted octanol–water partition coefficient (Wildman–Crippen LogP) is 6.00. The van der Waals surface area contributed by atoms with E-state index in [0.717, 1.165) is 27.9 Å². The molecular formula is C29H24FN5OS. The summed E-state index contributed by atoms with van der Waals surface area (Å²) in [5, 5.41) is 12.6. The van der Waals surface area contributed by atoms with Crippen molar-refractivity contribution in [3.63, 3.8) is 0 Å². The van der Waals surface area contributed by atoms with Crippen molar-refractivity contribution < 1.29 is 9.18 Å². The maximum atomic E-state index is 13.2. The molecule has 0 aliphatic rings. The first-order valence-corrected chi connectivity index (χ1v) is 12.7. The minimum Gasteiger partial charge on any atom is -0.348 e. The summed E-state index contributed by atoms with van der Waals surface area (Å²) in [4.78, 5) is 17.2. The highest BCUT2D eigenvalue weighted by atomic mass is 32.2. The van der Waals surface area contributed by atoms with Crippen LogP contribution in [0.2, 0.25) is 0 Å². The number of nitrogens with one attached hydrogen (secondary N) is 1. The summed E-state index contributed by atoms with van der Waals surface area (Å²) in [7, 11) is 0. The molecule has 6 nitrogen and oxygen atoms in total. The third-order valence-corrected chi connectivity index (χ3v) is 6.81. The number of hydrogen-bond donors (Lipinski definition) is 1. The van der Waals surface area contributed by atoms with E-state index in [4.69, 9.17) is 0 Å². The molecule has 0 saturated carbocycles. The zero-order chi connectivity index (χ0) is 25.6. The van der Waals surface area contributed by atoms with Gasteiger partial charge in [0.25, 0.3) is 5.91 Å². The zero-order valence-electron chi connectivity index (χ0n) is 20.1. The van der Waals surface area contributed by atoms with E-state index in [-0.39, 0.29) is 11.7 Å². The average molecular weight is 510 g/mol. The van der Waals surface area contributed by atoms with Crippen molar-refractivity contribution in [2.75, 3.05) is 0 Å².